The minimum Gasteiger partial charge on any atom is -0.462 e. The number of anilines is 3. The second kappa shape index (κ2) is 9.61. The van der Waals surface area contributed by atoms with Gasteiger partial charge in [-0.05, 0) is 31.2 Å². The monoisotopic (exact) mass is 396 g/mol. The number of rotatable bonds is 8. The smallest absolute Gasteiger partial charge is 0.345 e. The summed E-state index contributed by atoms with van der Waals surface area (Å²) < 4.78 is 18.4. The molecule has 3 aromatic rings. The van der Waals surface area contributed by atoms with Gasteiger partial charge in [-0.3, -0.25) is 0 Å². The number of hydrogen-bond acceptors (Lipinski definition) is 7. The average molecular weight is 396 g/mol. The Hall–Kier alpha value is -3.52. The summed E-state index contributed by atoms with van der Waals surface area (Å²) in [6.07, 6.45) is 0. The first-order chi connectivity index (χ1) is 14.1. The Bertz CT molecular complexity index is 966. The number of benzene rings is 2. The molecule has 0 amide bonds. The van der Waals surface area contributed by atoms with Crippen molar-refractivity contribution in [2.45, 2.75) is 6.92 Å². The van der Waals surface area contributed by atoms with Crippen molar-refractivity contribution >= 4 is 23.3 Å². The first-order valence-electron chi connectivity index (χ1n) is 9.14. The van der Waals surface area contributed by atoms with E-state index in [-0.39, 0.29) is 42.8 Å². The molecular weight excluding hydrogens is 375 g/mol. The molecule has 0 unspecified atom stereocenters. The topological polar surface area (TPSA) is 96.4 Å². The van der Waals surface area contributed by atoms with Crippen LogP contribution in [0.4, 0.5) is 21.7 Å². The molecule has 1 heterocycles. The second-order valence-electron chi connectivity index (χ2n) is 5.99. The Balaban J connectivity index is 2.13. The largest absolute Gasteiger partial charge is 0.462 e. The molecule has 0 saturated carbocycles. The number of aliphatic hydroxyl groups excluding tert-OH is 1. The maximum atomic E-state index is 13.3. The van der Waals surface area contributed by atoms with Crippen molar-refractivity contribution in [2.24, 2.45) is 0 Å². The number of aliphatic hydroxyl groups is 1. The summed E-state index contributed by atoms with van der Waals surface area (Å²) in [5, 5.41) is 15.2. The summed E-state index contributed by atoms with van der Waals surface area (Å²) in [5.41, 5.74) is 1.39. The van der Waals surface area contributed by atoms with Crippen LogP contribution in [0.3, 0.4) is 0 Å². The first kappa shape index (κ1) is 20.2. The average Bonchev–Trinajstić information content (AvgIpc) is 2.74. The van der Waals surface area contributed by atoms with Crippen LogP contribution in [0.25, 0.3) is 11.4 Å². The van der Waals surface area contributed by atoms with Gasteiger partial charge in [-0.1, -0.05) is 30.3 Å². The van der Waals surface area contributed by atoms with E-state index in [9.17, 15) is 14.3 Å². The normalized spacial score (nSPS) is 10.4. The molecule has 7 nitrogen and oxygen atoms in total. The highest BCUT2D eigenvalue weighted by atomic mass is 19.1. The molecule has 0 saturated heterocycles. The van der Waals surface area contributed by atoms with E-state index in [1.54, 1.807) is 6.92 Å². The van der Waals surface area contributed by atoms with E-state index in [0.29, 0.717) is 11.5 Å². The zero-order valence-electron chi connectivity index (χ0n) is 15.9. The van der Waals surface area contributed by atoms with Crippen LogP contribution in [0.1, 0.15) is 17.3 Å². The Morgan fingerprint density at radius 3 is 2.41 bits per heavy atom. The van der Waals surface area contributed by atoms with E-state index in [4.69, 9.17) is 4.74 Å². The molecule has 29 heavy (non-hydrogen) atoms. The molecule has 1 aromatic heterocycles. The van der Waals surface area contributed by atoms with Gasteiger partial charge in [0.15, 0.2) is 11.6 Å². The quantitative estimate of drug-likeness (QED) is 0.501. The van der Waals surface area contributed by atoms with Gasteiger partial charge in [-0.2, -0.15) is 0 Å². The van der Waals surface area contributed by atoms with Gasteiger partial charge in [-0.15, -0.1) is 0 Å². The number of ether oxygens (including phenoxy) is 1. The molecule has 150 valence electrons. The van der Waals surface area contributed by atoms with Crippen molar-refractivity contribution in [3.05, 3.63) is 66.0 Å². The van der Waals surface area contributed by atoms with Crippen molar-refractivity contribution in [1.29, 1.82) is 0 Å². The molecule has 0 radical (unpaired) electrons. The number of hydrogen-bond donors (Lipinski definition) is 3. The van der Waals surface area contributed by atoms with Crippen LogP contribution in [0, 0.1) is 5.82 Å². The van der Waals surface area contributed by atoms with Gasteiger partial charge >= 0.3 is 5.97 Å². The lowest BCUT2D eigenvalue weighted by Crippen LogP contribution is -2.17. The molecule has 0 aliphatic rings. The molecule has 0 spiro atoms. The number of aromatic nitrogens is 2. The number of nitrogens with zero attached hydrogens (tertiary/aromatic N) is 2. The van der Waals surface area contributed by atoms with Crippen LogP contribution >= 0.6 is 0 Å². The van der Waals surface area contributed by atoms with Gasteiger partial charge in [0.25, 0.3) is 0 Å². The molecule has 3 N–H and O–H groups in total. The van der Waals surface area contributed by atoms with Gasteiger partial charge in [0.1, 0.15) is 17.2 Å². The SMILES string of the molecule is CCOC(=O)c1c(NCCO)nc(-c2ccccc2)nc1Nc1ccc(F)cc1. The third-order valence-corrected chi connectivity index (χ3v) is 3.93. The molecular formula is C21H21FN4O3. The highest BCUT2D eigenvalue weighted by Gasteiger charge is 2.23. The summed E-state index contributed by atoms with van der Waals surface area (Å²) in [5.74, 6) is -0.166. The van der Waals surface area contributed by atoms with Crippen molar-refractivity contribution in [1.82, 2.24) is 9.97 Å². The minimum absolute atomic E-state index is 0.101. The summed E-state index contributed by atoms with van der Waals surface area (Å²) in [7, 11) is 0. The lowest BCUT2D eigenvalue weighted by atomic mass is 10.2. The number of carbonyl (C=O) groups excluding carboxylic acids is 1. The van der Waals surface area contributed by atoms with Crippen LogP contribution in [-0.4, -0.2) is 40.8 Å². The maximum absolute atomic E-state index is 13.3. The van der Waals surface area contributed by atoms with Crippen LogP contribution in [0.2, 0.25) is 0 Å². The Morgan fingerprint density at radius 1 is 1.07 bits per heavy atom. The predicted octanol–water partition coefficient (Wildman–Crippen LogP) is 3.61. The number of esters is 1. The first-order valence-corrected chi connectivity index (χ1v) is 9.14. The van der Waals surface area contributed by atoms with Crippen molar-refractivity contribution in [3.63, 3.8) is 0 Å². The zero-order valence-corrected chi connectivity index (χ0v) is 15.9. The molecule has 0 aliphatic heterocycles. The van der Waals surface area contributed by atoms with E-state index in [0.717, 1.165) is 5.56 Å². The van der Waals surface area contributed by atoms with E-state index < -0.39 is 5.97 Å². The van der Waals surface area contributed by atoms with E-state index in [1.807, 2.05) is 30.3 Å². The molecule has 0 fully saturated rings. The van der Waals surface area contributed by atoms with E-state index in [2.05, 4.69) is 20.6 Å². The van der Waals surface area contributed by atoms with Crippen molar-refractivity contribution in [2.75, 3.05) is 30.4 Å². The van der Waals surface area contributed by atoms with Crippen LogP contribution in [-0.2, 0) is 4.74 Å². The highest BCUT2D eigenvalue weighted by Crippen LogP contribution is 2.29. The molecule has 3 rings (SSSR count). The van der Waals surface area contributed by atoms with Crippen molar-refractivity contribution < 1.29 is 19.0 Å². The zero-order chi connectivity index (χ0) is 20.6. The summed E-state index contributed by atoms with van der Waals surface area (Å²) in [6, 6.07) is 14.9. The minimum atomic E-state index is -0.614. The predicted molar refractivity (Wildman–Crippen MR) is 109 cm³/mol. The lowest BCUT2D eigenvalue weighted by Gasteiger charge is -2.16. The second-order valence-corrected chi connectivity index (χ2v) is 5.99. The molecule has 2 aromatic carbocycles. The summed E-state index contributed by atoms with van der Waals surface area (Å²) in [6.45, 7) is 1.92. The number of carbonyl (C=O) groups is 1. The Labute approximate surface area is 167 Å². The third kappa shape index (κ3) is 5.05. The summed E-state index contributed by atoms with van der Waals surface area (Å²) >= 11 is 0. The number of halogens is 1. The van der Waals surface area contributed by atoms with Crippen LogP contribution in [0.5, 0.6) is 0 Å². The van der Waals surface area contributed by atoms with Gasteiger partial charge in [0.2, 0.25) is 0 Å². The van der Waals surface area contributed by atoms with Crippen LogP contribution < -0.4 is 10.6 Å². The lowest BCUT2D eigenvalue weighted by molar-refractivity contribution is 0.0528. The van der Waals surface area contributed by atoms with Gasteiger partial charge in [-0.25, -0.2) is 19.2 Å². The molecule has 0 bridgehead atoms. The van der Waals surface area contributed by atoms with Crippen LogP contribution in [0.15, 0.2) is 54.6 Å². The van der Waals surface area contributed by atoms with E-state index >= 15 is 0 Å². The Kier molecular flexibility index (Phi) is 6.70. The molecule has 8 heteroatoms. The molecule has 0 aliphatic carbocycles. The third-order valence-electron chi connectivity index (χ3n) is 3.93. The number of nitrogens with one attached hydrogen (secondary N) is 2. The van der Waals surface area contributed by atoms with Gasteiger partial charge < -0.3 is 20.5 Å². The Morgan fingerprint density at radius 2 is 1.76 bits per heavy atom. The summed E-state index contributed by atoms with van der Waals surface area (Å²) in [4.78, 5) is 21.6. The highest BCUT2D eigenvalue weighted by molar-refractivity contribution is 6.01. The van der Waals surface area contributed by atoms with E-state index in [1.165, 1.54) is 24.3 Å². The maximum Gasteiger partial charge on any atom is 0.345 e. The molecule has 0 atom stereocenters. The van der Waals surface area contributed by atoms with Gasteiger partial charge in [0.05, 0.1) is 13.2 Å². The fourth-order valence-corrected chi connectivity index (χ4v) is 2.64. The fourth-order valence-electron chi connectivity index (χ4n) is 2.64. The fraction of sp³-hybridized carbons (Fsp3) is 0.190. The van der Waals surface area contributed by atoms with Crippen molar-refractivity contribution in [3.8, 4) is 11.4 Å². The van der Waals surface area contributed by atoms with Gasteiger partial charge in [0, 0.05) is 17.8 Å². The standard InChI is InChI=1S/C21H21FN4O3/c1-2-29-21(28)17-19(23-12-13-27)25-18(14-6-4-3-5-7-14)26-20(17)24-16-10-8-15(22)9-11-16/h3-11,27H,2,12-13H2,1H3,(H2,23,24,25,26).